The molecule has 0 spiro atoms. The third kappa shape index (κ3) is 3.73. The van der Waals surface area contributed by atoms with E-state index in [0.717, 1.165) is 38.6 Å². The van der Waals surface area contributed by atoms with Crippen molar-refractivity contribution in [3.05, 3.63) is 12.2 Å². The van der Waals surface area contributed by atoms with Crippen LogP contribution in [0.4, 0.5) is 4.79 Å². The van der Waals surface area contributed by atoms with Crippen molar-refractivity contribution >= 4 is 6.03 Å². The lowest BCUT2D eigenvalue weighted by Crippen LogP contribution is -2.45. The maximum absolute atomic E-state index is 12.1. The van der Waals surface area contributed by atoms with E-state index in [1.165, 1.54) is 0 Å². The van der Waals surface area contributed by atoms with Crippen LogP contribution in [0.15, 0.2) is 12.2 Å². The number of carbonyl (C=O) groups is 1. The number of allylic oxidation sites excluding steroid dienone is 1. The third-order valence-corrected chi connectivity index (χ3v) is 3.91. The van der Waals surface area contributed by atoms with Crippen molar-refractivity contribution in [1.29, 1.82) is 0 Å². The van der Waals surface area contributed by atoms with Crippen LogP contribution >= 0.6 is 0 Å². The second-order valence-corrected chi connectivity index (χ2v) is 5.75. The normalized spacial score (nSPS) is 33.0. The van der Waals surface area contributed by atoms with Crippen molar-refractivity contribution in [2.75, 3.05) is 13.1 Å². The van der Waals surface area contributed by atoms with Crippen LogP contribution < -0.4 is 5.32 Å². The van der Waals surface area contributed by atoms with Gasteiger partial charge in [-0.1, -0.05) is 12.2 Å². The Morgan fingerprint density at radius 1 is 1.39 bits per heavy atom. The Hall–Kier alpha value is -1.03. The highest BCUT2D eigenvalue weighted by Gasteiger charge is 2.27. The smallest absolute Gasteiger partial charge is 0.317 e. The molecule has 2 atom stereocenters. The molecule has 0 aromatic heterocycles. The van der Waals surface area contributed by atoms with E-state index in [0.29, 0.717) is 13.0 Å². The van der Waals surface area contributed by atoms with Crippen molar-refractivity contribution in [2.24, 2.45) is 0 Å². The largest absolute Gasteiger partial charge is 0.390 e. The van der Waals surface area contributed by atoms with Crippen LogP contribution in [0, 0.1) is 0 Å². The molecule has 4 heteroatoms. The Kier molecular flexibility index (Phi) is 4.27. The molecule has 18 heavy (non-hydrogen) atoms. The van der Waals surface area contributed by atoms with Gasteiger partial charge in [-0.3, -0.25) is 0 Å². The summed E-state index contributed by atoms with van der Waals surface area (Å²) in [6.07, 6.45) is 9.86. The highest BCUT2D eigenvalue weighted by Crippen LogP contribution is 2.21. The molecule has 2 unspecified atom stereocenters. The standard InChI is InChI=1S/C14H24N2O2/c1-14(18)8-5-10-16(11-9-14)13(17)15-12-6-3-2-4-7-12/h3,6,12,18H,2,4-5,7-11H2,1H3,(H,15,17). The number of hydrogen-bond acceptors (Lipinski definition) is 2. The first-order chi connectivity index (χ1) is 8.57. The summed E-state index contributed by atoms with van der Waals surface area (Å²) in [5, 5.41) is 13.1. The van der Waals surface area contributed by atoms with Crippen molar-refractivity contribution in [3.8, 4) is 0 Å². The number of amides is 2. The van der Waals surface area contributed by atoms with Crippen molar-refractivity contribution in [3.63, 3.8) is 0 Å². The number of hydrogen-bond donors (Lipinski definition) is 2. The zero-order chi connectivity index (χ0) is 13.0. The molecule has 1 aliphatic heterocycles. The van der Waals surface area contributed by atoms with Gasteiger partial charge in [0.25, 0.3) is 0 Å². The van der Waals surface area contributed by atoms with Crippen LogP contribution in [0.25, 0.3) is 0 Å². The lowest BCUT2D eigenvalue weighted by Gasteiger charge is -2.26. The molecule has 1 heterocycles. The Balaban J connectivity index is 1.85. The van der Waals surface area contributed by atoms with Gasteiger partial charge in [-0.05, 0) is 45.4 Å². The van der Waals surface area contributed by atoms with Gasteiger partial charge in [-0.25, -0.2) is 4.79 Å². The molecule has 0 bridgehead atoms. The molecule has 4 nitrogen and oxygen atoms in total. The number of nitrogens with zero attached hydrogens (tertiary/aromatic N) is 1. The van der Waals surface area contributed by atoms with E-state index >= 15 is 0 Å². The van der Waals surface area contributed by atoms with Gasteiger partial charge in [0.2, 0.25) is 0 Å². The highest BCUT2D eigenvalue weighted by molar-refractivity contribution is 5.74. The van der Waals surface area contributed by atoms with Crippen LogP contribution in [-0.4, -0.2) is 40.8 Å². The average Bonchev–Trinajstić information content (AvgIpc) is 2.51. The van der Waals surface area contributed by atoms with Crippen molar-refractivity contribution < 1.29 is 9.90 Å². The Bertz CT molecular complexity index is 326. The topological polar surface area (TPSA) is 52.6 Å². The van der Waals surface area contributed by atoms with E-state index in [1.807, 2.05) is 11.8 Å². The van der Waals surface area contributed by atoms with Gasteiger partial charge < -0.3 is 15.3 Å². The summed E-state index contributed by atoms with van der Waals surface area (Å²) in [5.74, 6) is 0. The predicted octanol–water partition coefficient (Wildman–Crippen LogP) is 2.04. The summed E-state index contributed by atoms with van der Waals surface area (Å²) in [7, 11) is 0. The molecular weight excluding hydrogens is 228 g/mol. The quantitative estimate of drug-likeness (QED) is 0.702. The van der Waals surface area contributed by atoms with Gasteiger partial charge in [-0.15, -0.1) is 0 Å². The number of urea groups is 1. The molecule has 2 amide bonds. The van der Waals surface area contributed by atoms with Gasteiger partial charge in [0.15, 0.2) is 0 Å². The van der Waals surface area contributed by atoms with E-state index in [2.05, 4.69) is 17.5 Å². The maximum atomic E-state index is 12.1. The molecular formula is C14H24N2O2. The number of carbonyl (C=O) groups excluding carboxylic acids is 1. The molecule has 1 aliphatic carbocycles. The summed E-state index contributed by atoms with van der Waals surface area (Å²) in [5.41, 5.74) is -0.611. The number of nitrogens with one attached hydrogen (secondary N) is 1. The lowest BCUT2D eigenvalue weighted by atomic mass is 9.98. The molecule has 2 aliphatic rings. The first-order valence-corrected chi connectivity index (χ1v) is 7.01. The van der Waals surface area contributed by atoms with Gasteiger partial charge in [0, 0.05) is 19.1 Å². The molecule has 1 fully saturated rings. The molecule has 0 saturated carbocycles. The predicted molar refractivity (Wildman–Crippen MR) is 71.4 cm³/mol. The van der Waals surface area contributed by atoms with Gasteiger partial charge in [0.1, 0.15) is 0 Å². The van der Waals surface area contributed by atoms with Gasteiger partial charge in [0.05, 0.1) is 5.60 Å². The molecule has 0 radical (unpaired) electrons. The average molecular weight is 252 g/mol. The third-order valence-electron chi connectivity index (χ3n) is 3.91. The minimum Gasteiger partial charge on any atom is -0.390 e. The second-order valence-electron chi connectivity index (χ2n) is 5.75. The van der Waals surface area contributed by atoms with Crippen LogP contribution in [0.5, 0.6) is 0 Å². The second kappa shape index (κ2) is 5.74. The molecule has 0 aromatic rings. The van der Waals surface area contributed by atoms with Crippen LogP contribution in [0.2, 0.25) is 0 Å². The Morgan fingerprint density at radius 2 is 2.22 bits per heavy atom. The minimum absolute atomic E-state index is 0.0178. The first-order valence-electron chi connectivity index (χ1n) is 7.01. The fourth-order valence-corrected chi connectivity index (χ4v) is 2.65. The summed E-state index contributed by atoms with van der Waals surface area (Å²) in [4.78, 5) is 14.0. The van der Waals surface area contributed by atoms with E-state index in [9.17, 15) is 9.90 Å². The van der Waals surface area contributed by atoms with Crippen LogP contribution in [0.1, 0.15) is 45.4 Å². The van der Waals surface area contributed by atoms with E-state index < -0.39 is 5.60 Å². The summed E-state index contributed by atoms with van der Waals surface area (Å²) >= 11 is 0. The lowest BCUT2D eigenvalue weighted by molar-refractivity contribution is 0.0456. The zero-order valence-electron chi connectivity index (χ0n) is 11.2. The van der Waals surface area contributed by atoms with E-state index in [1.54, 1.807) is 0 Å². The summed E-state index contributed by atoms with van der Waals surface area (Å²) in [6.45, 7) is 3.26. The number of aliphatic hydroxyl groups is 1. The summed E-state index contributed by atoms with van der Waals surface area (Å²) in [6, 6.07) is 0.208. The number of likely N-dealkylation sites (tertiary alicyclic amines) is 1. The Morgan fingerprint density at radius 3 is 2.94 bits per heavy atom. The summed E-state index contributed by atoms with van der Waals surface area (Å²) < 4.78 is 0. The van der Waals surface area contributed by atoms with Crippen LogP contribution in [-0.2, 0) is 0 Å². The molecule has 1 saturated heterocycles. The Labute approximate surface area is 109 Å². The van der Waals surface area contributed by atoms with Gasteiger partial charge >= 0.3 is 6.03 Å². The van der Waals surface area contributed by atoms with Crippen molar-refractivity contribution in [1.82, 2.24) is 10.2 Å². The van der Waals surface area contributed by atoms with Crippen LogP contribution in [0.3, 0.4) is 0 Å². The number of rotatable bonds is 1. The van der Waals surface area contributed by atoms with E-state index in [4.69, 9.17) is 0 Å². The highest BCUT2D eigenvalue weighted by atomic mass is 16.3. The molecule has 102 valence electrons. The minimum atomic E-state index is -0.611. The van der Waals surface area contributed by atoms with E-state index in [-0.39, 0.29) is 12.1 Å². The first kappa shape index (κ1) is 13.4. The molecule has 2 N–H and O–H groups in total. The van der Waals surface area contributed by atoms with Crippen molar-refractivity contribution in [2.45, 2.75) is 57.1 Å². The molecule has 0 aromatic carbocycles. The fraction of sp³-hybridized carbons (Fsp3) is 0.786. The van der Waals surface area contributed by atoms with Gasteiger partial charge in [-0.2, -0.15) is 0 Å². The fourth-order valence-electron chi connectivity index (χ4n) is 2.65. The maximum Gasteiger partial charge on any atom is 0.317 e. The SMILES string of the molecule is CC1(O)CCCN(C(=O)NC2C=CCCC2)CC1. The molecule has 2 rings (SSSR count). The monoisotopic (exact) mass is 252 g/mol. The zero-order valence-corrected chi connectivity index (χ0v) is 11.2.